The molecule has 0 fully saturated rings. The first kappa shape index (κ1) is 15.3. The lowest BCUT2D eigenvalue weighted by Crippen LogP contribution is -2.31. The van der Waals surface area contributed by atoms with Crippen LogP contribution in [-0.2, 0) is 14.3 Å². The highest BCUT2D eigenvalue weighted by atomic mass is 16.5. The Morgan fingerprint density at radius 1 is 1.25 bits per heavy atom. The molecule has 16 heavy (non-hydrogen) atoms. The summed E-state index contributed by atoms with van der Waals surface area (Å²) in [6.45, 7) is 6.91. The monoisotopic (exact) mass is 232 g/mol. The van der Waals surface area contributed by atoms with E-state index >= 15 is 0 Å². The van der Waals surface area contributed by atoms with Gasteiger partial charge >= 0.3 is 0 Å². The van der Waals surface area contributed by atoms with Gasteiger partial charge < -0.3 is 20.1 Å². The van der Waals surface area contributed by atoms with Crippen LogP contribution in [0.4, 0.5) is 0 Å². The highest BCUT2D eigenvalue weighted by molar-refractivity contribution is 5.77. The minimum atomic E-state index is -0.0688. The Kier molecular flexibility index (Phi) is 10.4. The van der Waals surface area contributed by atoms with E-state index in [1.165, 1.54) is 0 Å². The summed E-state index contributed by atoms with van der Waals surface area (Å²) >= 11 is 0. The van der Waals surface area contributed by atoms with Gasteiger partial charge in [-0.1, -0.05) is 13.8 Å². The van der Waals surface area contributed by atoms with Gasteiger partial charge in [0.1, 0.15) is 6.61 Å². The van der Waals surface area contributed by atoms with E-state index in [0.29, 0.717) is 25.8 Å². The summed E-state index contributed by atoms with van der Waals surface area (Å²) < 4.78 is 10.1. The van der Waals surface area contributed by atoms with Crippen molar-refractivity contribution in [3.63, 3.8) is 0 Å². The molecule has 0 heterocycles. The van der Waals surface area contributed by atoms with Crippen LogP contribution in [0.3, 0.4) is 0 Å². The highest BCUT2D eigenvalue weighted by Crippen LogP contribution is 1.80. The molecule has 0 atom stereocenters. The van der Waals surface area contributed by atoms with Gasteiger partial charge in [-0.25, -0.2) is 0 Å². The summed E-state index contributed by atoms with van der Waals surface area (Å²) in [5.74, 6) is -0.0688. The second-order valence-corrected chi connectivity index (χ2v) is 3.86. The molecule has 0 unspecified atom stereocenters. The third-order valence-electron chi connectivity index (χ3n) is 1.88. The second kappa shape index (κ2) is 10.9. The van der Waals surface area contributed by atoms with E-state index < -0.39 is 0 Å². The molecule has 2 N–H and O–H groups in total. The van der Waals surface area contributed by atoms with Crippen molar-refractivity contribution in [1.29, 1.82) is 0 Å². The van der Waals surface area contributed by atoms with Crippen LogP contribution in [0, 0.1) is 0 Å². The number of amides is 1. The van der Waals surface area contributed by atoms with Gasteiger partial charge in [0.15, 0.2) is 0 Å². The van der Waals surface area contributed by atoms with Crippen LogP contribution in [0.15, 0.2) is 0 Å². The predicted octanol–water partition coefficient (Wildman–Crippen LogP) is 0.154. The SMILES string of the molecule is COCCCNC(=O)COCCNC(C)C. The third kappa shape index (κ3) is 11.4. The molecule has 0 radical (unpaired) electrons. The van der Waals surface area contributed by atoms with Crippen LogP contribution in [0.1, 0.15) is 20.3 Å². The van der Waals surface area contributed by atoms with Crippen LogP contribution in [0.5, 0.6) is 0 Å². The van der Waals surface area contributed by atoms with Gasteiger partial charge in [0.25, 0.3) is 0 Å². The molecule has 0 aliphatic rings. The zero-order valence-electron chi connectivity index (χ0n) is 10.5. The van der Waals surface area contributed by atoms with Gasteiger partial charge in [0, 0.05) is 32.8 Å². The van der Waals surface area contributed by atoms with E-state index in [0.717, 1.165) is 13.0 Å². The van der Waals surface area contributed by atoms with E-state index in [1.54, 1.807) is 7.11 Å². The van der Waals surface area contributed by atoms with Crippen LogP contribution in [0.2, 0.25) is 0 Å². The number of carbonyl (C=O) groups is 1. The van der Waals surface area contributed by atoms with Crippen molar-refractivity contribution >= 4 is 5.91 Å². The van der Waals surface area contributed by atoms with Crippen molar-refractivity contribution in [1.82, 2.24) is 10.6 Å². The minimum Gasteiger partial charge on any atom is -0.385 e. The van der Waals surface area contributed by atoms with Crippen molar-refractivity contribution in [2.45, 2.75) is 26.3 Å². The van der Waals surface area contributed by atoms with Gasteiger partial charge in [-0.2, -0.15) is 0 Å². The third-order valence-corrected chi connectivity index (χ3v) is 1.88. The van der Waals surface area contributed by atoms with E-state index in [2.05, 4.69) is 24.5 Å². The molecule has 5 nitrogen and oxygen atoms in total. The molecule has 0 aromatic carbocycles. The standard InChI is InChI=1S/C11H24N2O3/c1-10(2)12-6-8-16-9-11(14)13-5-4-7-15-3/h10,12H,4-9H2,1-3H3,(H,13,14). The summed E-state index contributed by atoms with van der Waals surface area (Å²) in [5.41, 5.74) is 0. The molecule has 0 aliphatic carbocycles. The first-order valence-electron chi connectivity index (χ1n) is 5.73. The van der Waals surface area contributed by atoms with Crippen molar-refractivity contribution < 1.29 is 14.3 Å². The molecule has 0 saturated heterocycles. The number of hydrogen-bond acceptors (Lipinski definition) is 4. The topological polar surface area (TPSA) is 59.6 Å². The molecule has 0 aliphatic heterocycles. The molecule has 0 aromatic heterocycles. The molecule has 1 amide bonds. The molecule has 0 rings (SSSR count). The van der Waals surface area contributed by atoms with Gasteiger partial charge in [-0.15, -0.1) is 0 Å². The maximum atomic E-state index is 11.2. The molecule has 0 saturated carbocycles. The smallest absolute Gasteiger partial charge is 0.245 e. The van der Waals surface area contributed by atoms with Gasteiger partial charge in [0.05, 0.1) is 6.61 Å². The lowest BCUT2D eigenvalue weighted by Gasteiger charge is -2.08. The number of nitrogens with one attached hydrogen (secondary N) is 2. The van der Waals surface area contributed by atoms with E-state index in [4.69, 9.17) is 9.47 Å². The van der Waals surface area contributed by atoms with Gasteiger partial charge in [-0.3, -0.25) is 4.79 Å². The maximum absolute atomic E-state index is 11.2. The molecule has 0 bridgehead atoms. The Hall–Kier alpha value is -0.650. The average molecular weight is 232 g/mol. The molecule has 0 spiro atoms. The van der Waals surface area contributed by atoms with Crippen LogP contribution >= 0.6 is 0 Å². The second-order valence-electron chi connectivity index (χ2n) is 3.86. The van der Waals surface area contributed by atoms with Crippen molar-refractivity contribution in [2.75, 3.05) is 40.0 Å². The number of carbonyl (C=O) groups excluding carboxylic acids is 1. The Morgan fingerprint density at radius 2 is 2.00 bits per heavy atom. The Morgan fingerprint density at radius 3 is 2.62 bits per heavy atom. The summed E-state index contributed by atoms with van der Waals surface area (Å²) in [5, 5.41) is 5.96. The van der Waals surface area contributed by atoms with E-state index in [-0.39, 0.29) is 12.5 Å². The van der Waals surface area contributed by atoms with Crippen molar-refractivity contribution in [3.8, 4) is 0 Å². The minimum absolute atomic E-state index is 0.0688. The molecular weight excluding hydrogens is 208 g/mol. The molecule has 96 valence electrons. The van der Waals surface area contributed by atoms with Crippen LogP contribution < -0.4 is 10.6 Å². The van der Waals surface area contributed by atoms with Crippen LogP contribution in [0.25, 0.3) is 0 Å². The summed E-state index contributed by atoms with van der Waals surface area (Å²) in [7, 11) is 1.65. The van der Waals surface area contributed by atoms with E-state index in [1.807, 2.05) is 0 Å². The predicted molar refractivity (Wildman–Crippen MR) is 63.5 cm³/mol. The molecule has 0 aromatic rings. The molecular formula is C11H24N2O3. The average Bonchev–Trinajstić information content (AvgIpc) is 2.23. The highest BCUT2D eigenvalue weighted by Gasteiger charge is 2.00. The largest absolute Gasteiger partial charge is 0.385 e. The quantitative estimate of drug-likeness (QED) is 0.527. The Balaban J connectivity index is 3.17. The summed E-state index contributed by atoms with van der Waals surface area (Å²) in [6.07, 6.45) is 0.831. The molecule has 5 heteroatoms. The number of hydrogen-bond donors (Lipinski definition) is 2. The van der Waals surface area contributed by atoms with E-state index in [9.17, 15) is 4.79 Å². The maximum Gasteiger partial charge on any atom is 0.245 e. The fourth-order valence-corrected chi connectivity index (χ4v) is 1.08. The Bertz CT molecular complexity index is 175. The number of ether oxygens (including phenoxy) is 2. The van der Waals surface area contributed by atoms with Gasteiger partial charge in [-0.05, 0) is 6.42 Å². The number of methoxy groups -OCH3 is 1. The Labute approximate surface area is 97.9 Å². The normalized spacial score (nSPS) is 10.8. The fraction of sp³-hybridized carbons (Fsp3) is 0.909. The summed E-state index contributed by atoms with van der Waals surface area (Å²) in [6, 6.07) is 0.450. The zero-order chi connectivity index (χ0) is 12.2. The first-order valence-corrected chi connectivity index (χ1v) is 5.73. The lowest BCUT2D eigenvalue weighted by molar-refractivity contribution is -0.125. The summed E-state index contributed by atoms with van der Waals surface area (Å²) in [4.78, 5) is 11.2. The lowest BCUT2D eigenvalue weighted by atomic mass is 10.4. The first-order chi connectivity index (χ1) is 7.66. The number of rotatable bonds is 10. The fourth-order valence-electron chi connectivity index (χ4n) is 1.08. The zero-order valence-corrected chi connectivity index (χ0v) is 10.5. The van der Waals surface area contributed by atoms with Crippen LogP contribution in [-0.4, -0.2) is 52.0 Å². The van der Waals surface area contributed by atoms with Crippen molar-refractivity contribution in [2.24, 2.45) is 0 Å². The van der Waals surface area contributed by atoms with Gasteiger partial charge in [0.2, 0.25) is 5.91 Å². The van der Waals surface area contributed by atoms with Crippen molar-refractivity contribution in [3.05, 3.63) is 0 Å².